The second-order valence-corrected chi connectivity index (χ2v) is 5.84. The van der Waals surface area contributed by atoms with E-state index in [1.54, 1.807) is 18.2 Å². The van der Waals surface area contributed by atoms with Gasteiger partial charge in [-0.05, 0) is 48.6 Å². The average Bonchev–Trinajstić information content (AvgIpc) is 2.53. The Kier molecular flexibility index (Phi) is 4.26. The molecule has 0 radical (unpaired) electrons. The van der Waals surface area contributed by atoms with Gasteiger partial charge in [0, 0.05) is 10.9 Å². The number of carbonyl (C=O) groups is 1. The minimum Gasteiger partial charge on any atom is -0.492 e. The number of fused-ring (bicyclic) bond motifs is 1. The maximum Gasteiger partial charge on any atom is 0.153 e. The number of ether oxygens (including phenoxy) is 1. The van der Waals surface area contributed by atoms with Crippen LogP contribution >= 0.6 is 11.6 Å². The van der Waals surface area contributed by atoms with E-state index in [2.05, 4.69) is 24.3 Å². The molecule has 3 rings (SSSR count). The minimum atomic E-state index is 0.394. The van der Waals surface area contributed by atoms with Crippen molar-refractivity contribution < 1.29 is 9.53 Å². The summed E-state index contributed by atoms with van der Waals surface area (Å²) in [6.45, 7) is 0.597. The molecule has 1 unspecified atom stereocenters. The van der Waals surface area contributed by atoms with E-state index in [-0.39, 0.29) is 0 Å². The van der Waals surface area contributed by atoms with E-state index < -0.39 is 0 Å². The van der Waals surface area contributed by atoms with E-state index in [0.29, 0.717) is 28.9 Å². The van der Waals surface area contributed by atoms with Gasteiger partial charge in [0.2, 0.25) is 0 Å². The van der Waals surface area contributed by atoms with Crippen molar-refractivity contribution in [2.75, 3.05) is 6.61 Å². The van der Waals surface area contributed by atoms with Gasteiger partial charge < -0.3 is 4.74 Å². The van der Waals surface area contributed by atoms with Crippen LogP contribution in [0.3, 0.4) is 0 Å². The van der Waals surface area contributed by atoms with Crippen LogP contribution in [-0.4, -0.2) is 12.9 Å². The van der Waals surface area contributed by atoms with Crippen LogP contribution in [0.25, 0.3) is 0 Å². The number of hydrogen-bond acceptors (Lipinski definition) is 2. The quantitative estimate of drug-likeness (QED) is 0.768. The Morgan fingerprint density at radius 2 is 2.10 bits per heavy atom. The van der Waals surface area contributed by atoms with Gasteiger partial charge in [-0.1, -0.05) is 35.9 Å². The fourth-order valence-corrected chi connectivity index (χ4v) is 3.14. The van der Waals surface area contributed by atoms with Gasteiger partial charge in [-0.3, -0.25) is 4.79 Å². The molecule has 2 aromatic rings. The maximum atomic E-state index is 11.1. The predicted molar refractivity (Wildman–Crippen MR) is 84.5 cm³/mol. The predicted octanol–water partition coefficient (Wildman–Crippen LogP) is 4.65. The third kappa shape index (κ3) is 3.11. The molecule has 1 atom stereocenters. The summed E-state index contributed by atoms with van der Waals surface area (Å²) in [6, 6.07) is 13.7. The van der Waals surface area contributed by atoms with E-state index in [9.17, 15) is 4.79 Å². The van der Waals surface area contributed by atoms with Crippen molar-refractivity contribution in [1.29, 1.82) is 0 Å². The van der Waals surface area contributed by atoms with Crippen molar-refractivity contribution in [3.05, 3.63) is 64.2 Å². The summed E-state index contributed by atoms with van der Waals surface area (Å²) in [5.41, 5.74) is 3.31. The summed E-state index contributed by atoms with van der Waals surface area (Å²) in [5.74, 6) is 1.00. The number of halogens is 1. The molecule has 108 valence electrons. The maximum absolute atomic E-state index is 11.1. The highest BCUT2D eigenvalue weighted by Crippen LogP contribution is 2.32. The normalized spacial score (nSPS) is 17.1. The summed E-state index contributed by atoms with van der Waals surface area (Å²) >= 11 is 5.90. The van der Waals surface area contributed by atoms with Gasteiger partial charge in [0.05, 0.1) is 12.2 Å². The fraction of sp³-hybridized carbons (Fsp3) is 0.278. The zero-order chi connectivity index (χ0) is 14.7. The Morgan fingerprint density at radius 3 is 2.95 bits per heavy atom. The lowest BCUT2D eigenvalue weighted by molar-refractivity contribution is 0.111. The summed E-state index contributed by atoms with van der Waals surface area (Å²) in [4.78, 5) is 11.1. The van der Waals surface area contributed by atoms with Crippen LogP contribution in [0.2, 0.25) is 5.02 Å². The van der Waals surface area contributed by atoms with Gasteiger partial charge >= 0.3 is 0 Å². The minimum absolute atomic E-state index is 0.394. The standard InChI is InChI=1S/C18H17ClO2/c19-16-8-9-18(15(10-16)11-20)21-12-14-6-3-5-13-4-1-2-7-17(13)14/h1-2,4,7-11,14H,3,5-6,12H2. The molecule has 0 amide bonds. The first kappa shape index (κ1) is 14.2. The fourth-order valence-electron chi connectivity index (χ4n) is 2.96. The van der Waals surface area contributed by atoms with E-state index in [1.807, 2.05) is 0 Å². The van der Waals surface area contributed by atoms with E-state index in [1.165, 1.54) is 17.5 Å². The summed E-state index contributed by atoms with van der Waals surface area (Å²) in [7, 11) is 0. The van der Waals surface area contributed by atoms with Crippen molar-refractivity contribution in [2.45, 2.75) is 25.2 Å². The van der Waals surface area contributed by atoms with Crippen molar-refractivity contribution in [3.8, 4) is 5.75 Å². The first-order chi connectivity index (χ1) is 10.3. The zero-order valence-corrected chi connectivity index (χ0v) is 12.5. The SMILES string of the molecule is O=Cc1cc(Cl)ccc1OCC1CCCc2ccccc21. The van der Waals surface area contributed by atoms with Gasteiger partial charge in [0.1, 0.15) is 5.75 Å². The van der Waals surface area contributed by atoms with Crippen LogP contribution in [0.4, 0.5) is 0 Å². The summed E-state index contributed by atoms with van der Waals surface area (Å²) < 4.78 is 5.89. The van der Waals surface area contributed by atoms with Crippen LogP contribution in [-0.2, 0) is 6.42 Å². The number of hydrogen-bond donors (Lipinski definition) is 0. The lowest BCUT2D eigenvalue weighted by atomic mass is 9.83. The molecule has 1 aliphatic carbocycles. The van der Waals surface area contributed by atoms with Crippen LogP contribution in [0.5, 0.6) is 5.75 Å². The highest BCUT2D eigenvalue weighted by atomic mass is 35.5. The van der Waals surface area contributed by atoms with Gasteiger partial charge in [-0.2, -0.15) is 0 Å². The van der Waals surface area contributed by atoms with Crippen molar-refractivity contribution in [1.82, 2.24) is 0 Å². The van der Waals surface area contributed by atoms with E-state index in [4.69, 9.17) is 16.3 Å². The zero-order valence-electron chi connectivity index (χ0n) is 11.7. The third-order valence-corrected chi connectivity index (χ3v) is 4.27. The van der Waals surface area contributed by atoms with Crippen molar-refractivity contribution >= 4 is 17.9 Å². The molecule has 2 nitrogen and oxygen atoms in total. The molecular weight excluding hydrogens is 284 g/mol. The molecule has 0 aliphatic heterocycles. The van der Waals surface area contributed by atoms with E-state index >= 15 is 0 Å². The number of benzene rings is 2. The first-order valence-electron chi connectivity index (χ1n) is 7.23. The van der Waals surface area contributed by atoms with Gasteiger partial charge in [-0.15, -0.1) is 0 Å². The molecule has 0 spiro atoms. The van der Waals surface area contributed by atoms with Gasteiger partial charge in [0.15, 0.2) is 6.29 Å². The molecule has 21 heavy (non-hydrogen) atoms. The largest absolute Gasteiger partial charge is 0.492 e. The Labute approximate surface area is 129 Å². The number of aryl methyl sites for hydroxylation is 1. The second-order valence-electron chi connectivity index (χ2n) is 5.40. The Balaban J connectivity index is 1.76. The van der Waals surface area contributed by atoms with Crippen LogP contribution < -0.4 is 4.74 Å². The Morgan fingerprint density at radius 1 is 1.24 bits per heavy atom. The third-order valence-electron chi connectivity index (χ3n) is 4.03. The van der Waals surface area contributed by atoms with Crippen molar-refractivity contribution in [3.63, 3.8) is 0 Å². The highest BCUT2D eigenvalue weighted by Gasteiger charge is 2.20. The molecule has 0 heterocycles. The number of carbonyl (C=O) groups excluding carboxylic acids is 1. The topological polar surface area (TPSA) is 26.3 Å². The molecule has 0 aromatic heterocycles. The Hall–Kier alpha value is -1.80. The molecule has 0 saturated carbocycles. The van der Waals surface area contributed by atoms with E-state index in [0.717, 1.165) is 19.1 Å². The molecule has 2 aromatic carbocycles. The monoisotopic (exact) mass is 300 g/mol. The summed E-state index contributed by atoms with van der Waals surface area (Å²) in [6.07, 6.45) is 4.25. The lowest BCUT2D eigenvalue weighted by Crippen LogP contribution is -2.17. The lowest BCUT2D eigenvalue weighted by Gasteiger charge is -2.25. The molecule has 3 heteroatoms. The highest BCUT2D eigenvalue weighted by molar-refractivity contribution is 6.30. The molecule has 0 bridgehead atoms. The smallest absolute Gasteiger partial charge is 0.153 e. The van der Waals surface area contributed by atoms with Crippen LogP contribution in [0, 0.1) is 0 Å². The Bertz CT molecular complexity index is 651. The second kappa shape index (κ2) is 6.31. The van der Waals surface area contributed by atoms with Gasteiger partial charge in [0.25, 0.3) is 0 Å². The molecule has 0 fully saturated rings. The molecule has 1 aliphatic rings. The molecule has 0 N–H and O–H groups in total. The summed E-state index contributed by atoms with van der Waals surface area (Å²) in [5, 5.41) is 0.549. The average molecular weight is 301 g/mol. The first-order valence-corrected chi connectivity index (χ1v) is 7.61. The van der Waals surface area contributed by atoms with Crippen LogP contribution in [0.15, 0.2) is 42.5 Å². The molecule has 0 saturated heterocycles. The van der Waals surface area contributed by atoms with Gasteiger partial charge in [-0.25, -0.2) is 0 Å². The van der Waals surface area contributed by atoms with Crippen LogP contribution in [0.1, 0.15) is 40.2 Å². The number of aldehydes is 1. The number of rotatable bonds is 4. The molecular formula is C18H17ClO2. The van der Waals surface area contributed by atoms with Crippen molar-refractivity contribution in [2.24, 2.45) is 0 Å².